The van der Waals surface area contributed by atoms with Crippen LogP contribution in [-0.4, -0.2) is 5.11 Å². The van der Waals surface area contributed by atoms with Gasteiger partial charge in [0.1, 0.15) is 5.82 Å². The van der Waals surface area contributed by atoms with Crippen LogP contribution in [0.15, 0.2) is 18.2 Å². The van der Waals surface area contributed by atoms with Gasteiger partial charge in [-0.15, -0.1) is 0 Å². The predicted molar refractivity (Wildman–Crippen MR) is 67.6 cm³/mol. The van der Waals surface area contributed by atoms with Gasteiger partial charge in [-0.3, -0.25) is 0 Å². The first kappa shape index (κ1) is 12.8. The van der Waals surface area contributed by atoms with Gasteiger partial charge >= 0.3 is 0 Å². The first-order valence-corrected chi connectivity index (χ1v) is 6.60. The molecule has 0 aromatic heterocycles. The van der Waals surface area contributed by atoms with Crippen LogP contribution in [0.25, 0.3) is 0 Å². The summed E-state index contributed by atoms with van der Waals surface area (Å²) >= 11 is 6.06. The Morgan fingerprint density at radius 1 is 1.41 bits per heavy atom. The molecule has 0 saturated heterocycles. The molecule has 0 amide bonds. The fourth-order valence-corrected chi connectivity index (χ4v) is 3.17. The number of hydrogen-bond donors (Lipinski definition) is 1. The number of benzene rings is 1. The number of aliphatic hydroxyl groups is 1. The lowest BCUT2D eigenvalue weighted by Crippen LogP contribution is -2.25. The molecule has 94 valence electrons. The van der Waals surface area contributed by atoms with Crippen molar-refractivity contribution >= 4 is 11.6 Å². The van der Waals surface area contributed by atoms with Crippen LogP contribution in [0, 0.1) is 11.2 Å². The Kier molecular flexibility index (Phi) is 3.74. The fourth-order valence-electron chi connectivity index (χ4n) is 2.95. The zero-order chi connectivity index (χ0) is 12.5. The first-order chi connectivity index (χ1) is 8.09. The van der Waals surface area contributed by atoms with Crippen LogP contribution in [-0.2, 0) is 0 Å². The maximum atomic E-state index is 13.3. The van der Waals surface area contributed by atoms with E-state index >= 15 is 0 Å². The second-order valence-corrected chi connectivity index (χ2v) is 5.40. The second-order valence-electron chi connectivity index (χ2n) is 4.99. The van der Waals surface area contributed by atoms with E-state index in [4.69, 9.17) is 11.6 Å². The lowest BCUT2D eigenvalue weighted by atomic mass is 9.75. The molecule has 1 saturated carbocycles. The normalized spacial score (nSPS) is 20.5. The molecular formula is C14H18ClFO. The Bertz CT molecular complexity index is 399. The molecule has 0 heterocycles. The van der Waals surface area contributed by atoms with E-state index in [2.05, 4.69) is 6.92 Å². The van der Waals surface area contributed by atoms with Crippen molar-refractivity contribution in [3.63, 3.8) is 0 Å². The monoisotopic (exact) mass is 256 g/mol. The predicted octanol–water partition coefficient (Wildman–Crippen LogP) is 4.48. The second kappa shape index (κ2) is 4.95. The molecule has 0 aliphatic heterocycles. The van der Waals surface area contributed by atoms with E-state index in [-0.39, 0.29) is 11.2 Å². The number of aliphatic hydroxyl groups excluding tert-OH is 1. The van der Waals surface area contributed by atoms with Crippen molar-refractivity contribution in [2.45, 2.75) is 45.1 Å². The molecule has 1 atom stereocenters. The Morgan fingerprint density at radius 3 is 2.65 bits per heavy atom. The molecule has 1 aromatic rings. The van der Waals surface area contributed by atoms with Gasteiger partial charge in [0.25, 0.3) is 0 Å². The van der Waals surface area contributed by atoms with Gasteiger partial charge in [0.2, 0.25) is 0 Å². The highest BCUT2D eigenvalue weighted by atomic mass is 35.5. The molecule has 0 radical (unpaired) electrons. The zero-order valence-electron chi connectivity index (χ0n) is 10.0. The summed E-state index contributed by atoms with van der Waals surface area (Å²) in [4.78, 5) is 0. The van der Waals surface area contributed by atoms with Crippen LogP contribution in [0.3, 0.4) is 0 Å². The SMILES string of the molecule is CCC1(C(O)c2cc(F)ccc2Cl)CCCC1. The number of halogens is 2. The minimum absolute atomic E-state index is 0.114. The van der Waals surface area contributed by atoms with Crippen molar-refractivity contribution in [1.29, 1.82) is 0 Å². The third-order valence-corrected chi connectivity index (χ3v) is 4.48. The third kappa shape index (κ3) is 2.34. The van der Waals surface area contributed by atoms with Gasteiger partial charge < -0.3 is 5.11 Å². The summed E-state index contributed by atoms with van der Waals surface area (Å²) in [5.74, 6) is -0.340. The Labute approximate surface area is 107 Å². The number of rotatable bonds is 3. The van der Waals surface area contributed by atoms with E-state index < -0.39 is 6.10 Å². The molecule has 1 unspecified atom stereocenters. The molecule has 1 N–H and O–H groups in total. The van der Waals surface area contributed by atoms with Crippen molar-refractivity contribution in [2.24, 2.45) is 5.41 Å². The standard InChI is InChI=1S/C14H18ClFO/c1-2-14(7-3-4-8-14)13(17)11-9-10(16)5-6-12(11)15/h5-6,9,13,17H,2-4,7-8H2,1H3. The zero-order valence-corrected chi connectivity index (χ0v) is 10.8. The highest BCUT2D eigenvalue weighted by Gasteiger charge is 2.40. The lowest BCUT2D eigenvalue weighted by molar-refractivity contribution is 0.0236. The Hall–Kier alpha value is -0.600. The molecular weight excluding hydrogens is 239 g/mol. The summed E-state index contributed by atoms with van der Waals surface area (Å²) in [5.41, 5.74) is 0.424. The van der Waals surface area contributed by atoms with E-state index in [1.807, 2.05) is 0 Å². The van der Waals surface area contributed by atoms with Crippen LogP contribution in [0.1, 0.15) is 50.7 Å². The Balaban J connectivity index is 2.35. The minimum atomic E-state index is -0.654. The molecule has 1 aliphatic carbocycles. The van der Waals surface area contributed by atoms with Gasteiger partial charge in [0.15, 0.2) is 0 Å². The van der Waals surface area contributed by atoms with Crippen molar-refractivity contribution < 1.29 is 9.50 Å². The van der Waals surface area contributed by atoms with Crippen LogP contribution >= 0.6 is 11.6 Å². The largest absolute Gasteiger partial charge is 0.388 e. The van der Waals surface area contributed by atoms with Gasteiger partial charge in [-0.05, 0) is 37.5 Å². The molecule has 0 spiro atoms. The van der Waals surface area contributed by atoms with Gasteiger partial charge in [-0.1, -0.05) is 31.4 Å². The quantitative estimate of drug-likeness (QED) is 0.845. The highest BCUT2D eigenvalue weighted by Crippen LogP contribution is 2.51. The molecule has 2 rings (SSSR count). The smallest absolute Gasteiger partial charge is 0.123 e. The van der Waals surface area contributed by atoms with Crippen LogP contribution in [0.5, 0.6) is 0 Å². The summed E-state index contributed by atoms with van der Waals surface area (Å²) in [7, 11) is 0. The number of hydrogen-bond acceptors (Lipinski definition) is 1. The summed E-state index contributed by atoms with van der Waals surface area (Å²) < 4.78 is 13.3. The maximum Gasteiger partial charge on any atom is 0.123 e. The van der Waals surface area contributed by atoms with Crippen molar-refractivity contribution in [2.75, 3.05) is 0 Å². The summed E-state index contributed by atoms with van der Waals surface area (Å²) in [5, 5.41) is 11.0. The average Bonchev–Trinajstić information content (AvgIpc) is 2.81. The van der Waals surface area contributed by atoms with E-state index in [1.54, 1.807) is 0 Å². The molecule has 1 aromatic carbocycles. The molecule has 1 nitrogen and oxygen atoms in total. The maximum absolute atomic E-state index is 13.3. The Morgan fingerprint density at radius 2 is 2.06 bits per heavy atom. The third-order valence-electron chi connectivity index (χ3n) is 4.14. The molecule has 1 fully saturated rings. The van der Waals surface area contributed by atoms with Gasteiger partial charge in [-0.2, -0.15) is 0 Å². The van der Waals surface area contributed by atoms with Crippen molar-refractivity contribution in [3.8, 4) is 0 Å². The van der Waals surface area contributed by atoms with Gasteiger partial charge in [0, 0.05) is 16.0 Å². The van der Waals surface area contributed by atoms with E-state index in [0.29, 0.717) is 10.6 Å². The molecule has 17 heavy (non-hydrogen) atoms. The molecule has 3 heteroatoms. The minimum Gasteiger partial charge on any atom is -0.388 e. The van der Waals surface area contributed by atoms with Crippen molar-refractivity contribution in [1.82, 2.24) is 0 Å². The summed E-state index contributed by atoms with van der Waals surface area (Å²) in [6, 6.07) is 4.21. The van der Waals surface area contributed by atoms with Gasteiger partial charge in [0.05, 0.1) is 6.10 Å². The van der Waals surface area contributed by atoms with Crippen LogP contribution < -0.4 is 0 Å². The fraction of sp³-hybridized carbons (Fsp3) is 0.571. The molecule has 0 bridgehead atoms. The van der Waals surface area contributed by atoms with Crippen LogP contribution in [0.4, 0.5) is 4.39 Å². The van der Waals surface area contributed by atoms with Crippen molar-refractivity contribution in [3.05, 3.63) is 34.6 Å². The van der Waals surface area contributed by atoms with E-state index in [1.165, 1.54) is 18.2 Å². The van der Waals surface area contributed by atoms with Gasteiger partial charge in [-0.25, -0.2) is 4.39 Å². The van der Waals surface area contributed by atoms with E-state index in [9.17, 15) is 9.50 Å². The summed E-state index contributed by atoms with van der Waals surface area (Å²) in [6.45, 7) is 2.09. The lowest BCUT2D eigenvalue weighted by Gasteiger charge is -2.34. The highest BCUT2D eigenvalue weighted by molar-refractivity contribution is 6.31. The first-order valence-electron chi connectivity index (χ1n) is 6.22. The molecule has 1 aliphatic rings. The summed E-state index contributed by atoms with van der Waals surface area (Å²) in [6.07, 6.45) is 4.52. The van der Waals surface area contributed by atoms with Crippen LogP contribution in [0.2, 0.25) is 5.02 Å². The van der Waals surface area contributed by atoms with E-state index in [0.717, 1.165) is 32.1 Å². The average molecular weight is 257 g/mol. The topological polar surface area (TPSA) is 20.2 Å².